The SMILES string of the molecule is O=[N+]([O-])c1ccc(OCCCCl)c2cccnc12. The van der Waals surface area contributed by atoms with Gasteiger partial charge in [-0.15, -0.1) is 11.6 Å². The molecule has 0 radical (unpaired) electrons. The molecule has 0 saturated heterocycles. The van der Waals surface area contributed by atoms with E-state index in [-0.39, 0.29) is 5.69 Å². The van der Waals surface area contributed by atoms with Crippen LogP contribution in [-0.4, -0.2) is 22.4 Å². The summed E-state index contributed by atoms with van der Waals surface area (Å²) in [5.74, 6) is 1.11. The molecular weight excluding hydrogens is 256 g/mol. The van der Waals surface area contributed by atoms with E-state index >= 15 is 0 Å². The zero-order chi connectivity index (χ0) is 13.0. The molecule has 5 nitrogen and oxygen atoms in total. The number of non-ortho nitro benzene ring substituents is 1. The van der Waals surface area contributed by atoms with Gasteiger partial charge >= 0.3 is 0 Å². The number of halogens is 1. The van der Waals surface area contributed by atoms with Gasteiger partial charge in [-0.3, -0.25) is 10.1 Å². The van der Waals surface area contributed by atoms with Crippen LogP contribution in [0.4, 0.5) is 5.69 Å². The lowest BCUT2D eigenvalue weighted by atomic mass is 10.1. The van der Waals surface area contributed by atoms with Gasteiger partial charge in [-0.25, -0.2) is 4.98 Å². The molecule has 0 atom stereocenters. The second-order valence-corrected chi connectivity index (χ2v) is 4.01. The van der Waals surface area contributed by atoms with Crippen LogP contribution in [0.3, 0.4) is 0 Å². The predicted molar refractivity (Wildman–Crippen MR) is 69.2 cm³/mol. The maximum Gasteiger partial charge on any atom is 0.295 e. The monoisotopic (exact) mass is 266 g/mol. The smallest absolute Gasteiger partial charge is 0.295 e. The number of nitro groups is 1. The van der Waals surface area contributed by atoms with Crippen LogP contribution in [0.25, 0.3) is 10.9 Å². The normalized spacial score (nSPS) is 10.5. The van der Waals surface area contributed by atoms with Crippen LogP contribution in [0.2, 0.25) is 0 Å². The topological polar surface area (TPSA) is 65.3 Å². The van der Waals surface area contributed by atoms with Gasteiger partial charge < -0.3 is 4.74 Å². The van der Waals surface area contributed by atoms with Crippen LogP contribution in [-0.2, 0) is 0 Å². The van der Waals surface area contributed by atoms with Gasteiger partial charge in [0.1, 0.15) is 5.75 Å². The molecule has 0 aliphatic rings. The van der Waals surface area contributed by atoms with Gasteiger partial charge in [0.15, 0.2) is 5.52 Å². The number of fused-ring (bicyclic) bond motifs is 1. The number of pyridine rings is 1. The van der Waals surface area contributed by atoms with E-state index in [0.717, 1.165) is 6.42 Å². The van der Waals surface area contributed by atoms with E-state index in [0.29, 0.717) is 29.1 Å². The van der Waals surface area contributed by atoms with Crippen LogP contribution in [0.5, 0.6) is 5.75 Å². The Kier molecular flexibility index (Phi) is 3.94. The first-order chi connectivity index (χ1) is 8.74. The minimum absolute atomic E-state index is 0.0182. The third kappa shape index (κ3) is 2.51. The summed E-state index contributed by atoms with van der Waals surface area (Å²) in [5, 5.41) is 11.5. The van der Waals surface area contributed by atoms with Crippen molar-refractivity contribution in [1.82, 2.24) is 4.98 Å². The quantitative estimate of drug-likeness (QED) is 0.361. The number of ether oxygens (including phenoxy) is 1. The summed E-state index contributed by atoms with van der Waals surface area (Å²) in [7, 11) is 0. The van der Waals surface area contributed by atoms with E-state index < -0.39 is 4.92 Å². The second-order valence-electron chi connectivity index (χ2n) is 3.63. The fourth-order valence-electron chi connectivity index (χ4n) is 1.64. The Labute approximate surface area is 108 Å². The van der Waals surface area contributed by atoms with Crippen molar-refractivity contribution in [3.63, 3.8) is 0 Å². The van der Waals surface area contributed by atoms with Crippen molar-refractivity contribution in [2.24, 2.45) is 0 Å². The lowest BCUT2D eigenvalue weighted by Crippen LogP contribution is -2.00. The number of hydrogen-bond acceptors (Lipinski definition) is 4. The average Bonchev–Trinajstić information content (AvgIpc) is 2.38. The molecule has 0 aliphatic heterocycles. The predicted octanol–water partition coefficient (Wildman–Crippen LogP) is 3.15. The molecule has 0 aliphatic carbocycles. The summed E-state index contributed by atoms with van der Waals surface area (Å²) in [4.78, 5) is 14.5. The molecule has 1 aromatic carbocycles. The van der Waals surface area contributed by atoms with Crippen LogP contribution in [0.1, 0.15) is 6.42 Å². The molecule has 0 bridgehead atoms. The maximum absolute atomic E-state index is 10.9. The van der Waals surface area contributed by atoms with Crippen molar-refractivity contribution in [1.29, 1.82) is 0 Å². The fourth-order valence-corrected chi connectivity index (χ4v) is 1.75. The van der Waals surface area contributed by atoms with Gasteiger partial charge in [0.25, 0.3) is 5.69 Å². The summed E-state index contributed by atoms with van der Waals surface area (Å²) in [6.07, 6.45) is 2.25. The molecule has 0 amide bonds. The molecule has 1 aromatic heterocycles. The van der Waals surface area contributed by atoms with Crippen molar-refractivity contribution in [3.05, 3.63) is 40.6 Å². The standard InChI is InChI=1S/C12H11ClN2O3/c13-6-2-8-18-11-5-4-10(15(16)17)12-9(11)3-1-7-14-12/h1,3-5,7H,2,6,8H2. The lowest BCUT2D eigenvalue weighted by Gasteiger charge is -2.08. The van der Waals surface area contributed by atoms with Crippen LogP contribution in [0, 0.1) is 10.1 Å². The van der Waals surface area contributed by atoms with Crippen LogP contribution in [0.15, 0.2) is 30.5 Å². The minimum Gasteiger partial charge on any atom is -0.493 e. The molecule has 0 fully saturated rings. The molecule has 6 heteroatoms. The molecule has 18 heavy (non-hydrogen) atoms. The molecule has 2 rings (SSSR count). The first-order valence-corrected chi connectivity index (χ1v) is 5.98. The highest BCUT2D eigenvalue weighted by Gasteiger charge is 2.15. The minimum atomic E-state index is -0.447. The number of hydrogen-bond donors (Lipinski definition) is 0. The van der Waals surface area contributed by atoms with Crippen molar-refractivity contribution in [2.45, 2.75) is 6.42 Å². The largest absolute Gasteiger partial charge is 0.493 e. The summed E-state index contributed by atoms with van der Waals surface area (Å²) >= 11 is 5.57. The highest BCUT2D eigenvalue weighted by atomic mass is 35.5. The zero-order valence-electron chi connectivity index (χ0n) is 9.51. The third-order valence-electron chi connectivity index (χ3n) is 2.44. The van der Waals surface area contributed by atoms with Gasteiger partial charge in [0.05, 0.1) is 11.5 Å². The van der Waals surface area contributed by atoms with Crippen molar-refractivity contribution < 1.29 is 9.66 Å². The van der Waals surface area contributed by atoms with Crippen molar-refractivity contribution in [2.75, 3.05) is 12.5 Å². The molecule has 1 heterocycles. The van der Waals surface area contributed by atoms with Gasteiger partial charge in [0, 0.05) is 23.5 Å². The van der Waals surface area contributed by atoms with Gasteiger partial charge in [-0.1, -0.05) is 0 Å². The third-order valence-corrected chi connectivity index (χ3v) is 2.71. The first-order valence-electron chi connectivity index (χ1n) is 5.45. The summed E-state index contributed by atoms with van der Waals surface area (Å²) in [5.41, 5.74) is 0.321. The van der Waals surface area contributed by atoms with Gasteiger partial charge in [0.2, 0.25) is 0 Å². The number of rotatable bonds is 5. The Balaban J connectivity index is 2.44. The highest BCUT2D eigenvalue weighted by Crippen LogP contribution is 2.31. The maximum atomic E-state index is 10.9. The molecule has 2 aromatic rings. The number of aromatic nitrogens is 1. The average molecular weight is 267 g/mol. The van der Waals surface area contributed by atoms with Crippen LogP contribution >= 0.6 is 11.6 Å². The Morgan fingerprint density at radius 3 is 2.94 bits per heavy atom. The Hall–Kier alpha value is -1.88. The van der Waals surface area contributed by atoms with E-state index in [1.54, 1.807) is 18.2 Å². The second kappa shape index (κ2) is 5.64. The number of nitrogens with zero attached hydrogens (tertiary/aromatic N) is 2. The Morgan fingerprint density at radius 1 is 1.39 bits per heavy atom. The summed E-state index contributed by atoms with van der Waals surface area (Å²) in [6, 6.07) is 6.48. The van der Waals surface area contributed by atoms with E-state index in [1.165, 1.54) is 12.3 Å². The molecule has 0 N–H and O–H groups in total. The summed E-state index contributed by atoms with van der Waals surface area (Å²) < 4.78 is 5.55. The van der Waals surface area contributed by atoms with Gasteiger partial charge in [-0.2, -0.15) is 0 Å². The van der Waals surface area contributed by atoms with E-state index in [2.05, 4.69) is 4.98 Å². The Morgan fingerprint density at radius 2 is 2.22 bits per heavy atom. The number of benzene rings is 1. The number of nitro benzene ring substituents is 1. The van der Waals surface area contributed by atoms with E-state index in [1.807, 2.05) is 0 Å². The Bertz CT molecular complexity index is 574. The van der Waals surface area contributed by atoms with Gasteiger partial charge in [-0.05, 0) is 24.6 Å². The molecule has 94 valence electrons. The lowest BCUT2D eigenvalue weighted by molar-refractivity contribution is -0.383. The first kappa shape index (κ1) is 12.6. The number of alkyl halides is 1. The van der Waals surface area contributed by atoms with E-state index in [9.17, 15) is 10.1 Å². The highest BCUT2D eigenvalue weighted by molar-refractivity contribution is 6.17. The molecule has 0 spiro atoms. The molecule has 0 saturated carbocycles. The van der Waals surface area contributed by atoms with Crippen LogP contribution < -0.4 is 4.74 Å². The summed E-state index contributed by atoms with van der Waals surface area (Å²) in [6.45, 7) is 0.477. The zero-order valence-corrected chi connectivity index (χ0v) is 10.3. The molecule has 0 unspecified atom stereocenters. The van der Waals surface area contributed by atoms with Crippen molar-refractivity contribution in [3.8, 4) is 5.75 Å². The molecular formula is C12H11ClN2O3. The van der Waals surface area contributed by atoms with Crippen molar-refractivity contribution >= 4 is 28.2 Å². The van der Waals surface area contributed by atoms with E-state index in [4.69, 9.17) is 16.3 Å². The fraction of sp³-hybridized carbons (Fsp3) is 0.250.